The fourth-order valence-corrected chi connectivity index (χ4v) is 1.67. The molecule has 1 N–H and O–H groups in total. The predicted molar refractivity (Wildman–Crippen MR) is 72.5 cm³/mol. The van der Waals surface area contributed by atoms with E-state index in [0.29, 0.717) is 19.8 Å². The molecule has 3 nitrogen and oxygen atoms in total. The Morgan fingerprint density at radius 1 is 1.15 bits per heavy atom. The summed E-state index contributed by atoms with van der Waals surface area (Å²) in [5.41, 5.74) is -0.325. The van der Waals surface area contributed by atoms with Gasteiger partial charge in [0.2, 0.25) is 0 Å². The van der Waals surface area contributed by atoms with Crippen LogP contribution in [0, 0.1) is 0 Å². The third kappa shape index (κ3) is 6.36. The third-order valence-corrected chi connectivity index (χ3v) is 2.74. The standard InChI is InChI=1S/C14H21F3N2O/c1-19(2)8-10-20-9-7-18-11-12-5-3-4-6-13(12)14(15,16)17/h3-6,18H,7-11H2,1-2H3. The number of nitrogens with one attached hydrogen (secondary N) is 1. The summed E-state index contributed by atoms with van der Waals surface area (Å²) in [6.07, 6.45) is -4.31. The van der Waals surface area contributed by atoms with E-state index in [9.17, 15) is 13.2 Å². The molecule has 1 aromatic rings. The van der Waals surface area contributed by atoms with Crippen molar-refractivity contribution in [3.63, 3.8) is 0 Å². The minimum Gasteiger partial charge on any atom is -0.379 e. The quantitative estimate of drug-likeness (QED) is 0.744. The molecule has 0 heterocycles. The predicted octanol–water partition coefficient (Wildman–Crippen LogP) is 2.37. The lowest BCUT2D eigenvalue weighted by Crippen LogP contribution is -2.24. The lowest BCUT2D eigenvalue weighted by atomic mass is 10.1. The molecule has 0 amide bonds. The van der Waals surface area contributed by atoms with Gasteiger partial charge < -0.3 is 15.0 Å². The van der Waals surface area contributed by atoms with Crippen molar-refractivity contribution in [3.05, 3.63) is 35.4 Å². The van der Waals surface area contributed by atoms with Crippen LogP contribution in [0.5, 0.6) is 0 Å². The average molecular weight is 290 g/mol. The van der Waals surface area contributed by atoms with Crippen molar-refractivity contribution in [2.24, 2.45) is 0 Å². The van der Waals surface area contributed by atoms with Crippen molar-refractivity contribution in [1.29, 1.82) is 0 Å². The van der Waals surface area contributed by atoms with Gasteiger partial charge in [-0.25, -0.2) is 0 Å². The van der Waals surface area contributed by atoms with Crippen LogP contribution >= 0.6 is 0 Å². The monoisotopic (exact) mass is 290 g/mol. The van der Waals surface area contributed by atoms with Crippen molar-refractivity contribution < 1.29 is 17.9 Å². The molecule has 0 aromatic heterocycles. The Bertz CT molecular complexity index is 394. The van der Waals surface area contributed by atoms with Gasteiger partial charge in [0.1, 0.15) is 0 Å². The molecule has 1 aromatic carbocycles. The smallest absolute Gasteiger partial charge is 0.379 e. The van der Waals surface area contributed by atoms with Gasteiger partial charge in [0, 0.05) is 19.6 Å². The number of hydrogen-bond donors (Lipinski definition) is 1. The Morgan fingerprint density at radius 3 is 2.50 bits per heavy atom. The minimum absolute atomic E-state index is 0.187. The number of hydrogen-bond acceptors (Lipinski definition) is 3. The van der Waals surface area contributed by atoms with Crippen LogP contribution in [-0.2, 0) is 17.5 Å². The molecule has 0 aliphatic heterocycles. The first-order valence-corrected chi connectivity index (χ1v) is 6.49. The van der Waals surface area contributed by atoms with E-state index in [4.69, 9.17) is 4.74 Å². The summed E-state index contributed by atoms with van der Waals surface area (Å²) in [7, 11) is 3.91. The molecule has 0 aliphatic carbocycles. The molecule has 1 rings (SSSR count). The summed E-state index contributed by atoms with van der Waals surface area (Å²) in [5.74, 6) is 0. The highest BCUT2D eigenvalue weighted by atomic mass is 19.4. The van der Waals surface area contributed by atoms with Gasteiger partial charge in [0.15, 0.2) is 0 Å². The lowest BCUT2D eigenvalue weighted by molar-refractivity contribution is -0.138. The van der Waals surface area contributed by atoms with Gasteiger partial charge in [0.25, 0.3) is 0 Å². The van der Waals surface area contributed by atoms with Crippen LogP contribution in [0.4, 0.5) is 13.2 Å². The normalized spacial score (nSPS) is 12.1. The average Bonchev–Trinajstić information content (AvgIpc) is 2.36. The molecule has 0 aliphatic rings. The van der Waals surface area contributed by atoms with Crippen LogP contribution in [0.15, 0.2) is 24.3 Å². The number of halogens is 3. The van der Waals surface area contributed by atoms with Crippen molar-refractivity contribution in [2.45, 2.75) is 12.7 Å². The molecule has 114 valence electrons. The summed E-state index contributed by atoms with van der Waals surface area (Å²) >= 11 is 0. The molecule has 20 heavy (non-hydrogen) atoms. The first-order valence-electron chi connectivity index (χ1n) is 6.49. The molecular weight excluding hydrogens is 269 g/mol. The molecule has 0 atom stereocenters. The molecular formula is C14H21F3N2O. The molecule has 0 unspecified atom stereocenters. The van der Waals surface area contributed by atoms with Crippen molar-refractivity contribution in [1.82, 2.24) is 10.2 Å². The maximum atomic E-state index is 12.7. The van der Waals surface area contributed by atoms with E-state index in [2.05, 4.69) is 5.32 Å². The number of nitrogens with zero attached hydrogens (tertiary/aromatic N) is 1. The second kappa shape index (κ2) is 8.24. The zero-order valence-corrected chi connectivity index (χ0v) is 11.8. The summed E-state index contributed by atoms with van der Waals surface area (Å²) in [6.45, 7) is 2.65. The van der Waals surface area contributed by atoms with E-state index >= 15 is 0 Å². The number of benzene rings is 1. The Hall–Kier alpha value is -1.11. The minimum atomic E-state index is -4.31. The maximum absolute atomic E-state index is 12.7. The zero-order valence-electron chi connectivity index (χ0n) is 11.8. The van der Waals surface area contributed by atoms with Gasteiger partial charge in [-0.15, -0.1) is 0 Å². The van der Waals surface area contributed by atoms with Gasteiger partial charge in [-0.2, -0.15) is 13.2 Å². The highest BCUT2D eigenvalue weighted by Gasteiger charge is 2.32. The van der Waals surface area contributed by atoms with Crippen molar-refractivity contribution in [3.8, 4) is 0 Å². The molecule has 6 heteroatoms. The molecule has 0 bridgehead atoms. The van der Waals surface area contributed by atoms with Gasteiger partial charge in [-0.1, -0.05) is 18.2 Å². The van der Waals surface area contributed by atoms with Gasteiger partial charge >= 0.3 is 6.18 Å². The Labute approximate surface area is 117 Å². The first kappa shape index (κ1) is 16.9. The van der Waals surface area contributed by atoms with Crippen LogP contribution in [0.2, 0.25) is 0 Å². The van der Waals surface area contributed by atoms with Gasteiger partial charge in [-0.3, -0.25) is 0 Å². The fourth-order valence-electron chi connectivity index (χ4n) is 1.67. The Balaban J connectivity index is 2.29. The summed E-state index contributed by atoms with van der Waals surface area (Å²) in [6, 6.07) is 5.60. The zero-order chi connectivity index (χ0) is 15.0. The second-order valence-electron chi connectivity index (χ2n) is 4.75. The van der Waals surface area contributed by atoms with Gasteiger partial charge in [-0.05, 0) is 25.7 Å². The first-order chi connectivity index (χ1) is 9.41. The van der Waals surface area contributed by atoms with Crippen molar-refractivity contribution in [2.75, 3.05) is 40.4 Å². The summed E-state index contributed by atoms with van der Waals surface area (Å²) in [5, 5.41) is 2.96. The molecule has 0 saturated heterocycles. The van der Waals surface area contributed by atoms with E-state index in [0.717, 1.165) is 12.6 Å². The summed E-state index contributed by atoms with van der Waals surface area (Å²) < 4.78 is 43.6. The SMILES string of the molecule is CN(C)CCOCCNCc1ccccc1C(F)(F)F. The number of alkyl halides is 3. The molecule has 0 fully saturated rings. The number of rotatable bonds is 8. The number of ether oxygens (including phenoxy) is 1. The summed E-state index contributed by atoms with van der Waals surface area (Å²) in [4.78, 5) is 2.01. The van der Waals surface area contributed by atoms with Crippen molar-refractivity contribution >= 4 is 0 Å². The molecule has 0 spiro atoms. The van der Waals surface area contributed by atoms with E-state index in [1.54, 1.807) is 6.07 Å². The van der Waals surface area contributed by atoms with E-state index in [1.165, 1.54) is 12.1 Å². The topological polar surface area (TPSA) is 24.5 Å². The number of likely N-dealkylation sites (N-methyl/N-ethyl adjacent to an activating group) is 1. The Kier molecular flexibility index (Phi) is 6.98. The highest BCUT2D eigenvalue weighted by molar-refractivity contribution is 5.29. The highest BCUT2D eigenvalue weighted by Crippen LogP contribution is 2.31. The molecule has 0 saturated carbocycles. The van der Waals surface area contributed by atoms with Crippen LogP contribution in [0.3, 0.4) is 0 Å². The van der Waals surface area contributed by atoms with Crippen LogP contribution in [0.25, 0.3) is 0 Å². The van der Waals surface area contributed by atoms with Crippen LogP contribution in [-0.4, -0.2) is 45.3 Å². The van der Waals surface area contributed by atoms with E-state index in [-0.39, 0.29) is 12.1 Å². The molecule has 0 radical (unpaired) electrons. The van der Waals surface area contributed by atoms with E-state index < -0.39 is 11.7 Å². The van der Waals surface area contributed by atoms with Crippen LogP contribution < -0.4 is 5.32 Å². The second-order valence-corrected chi connectivity index (χ2v) is 4.75. The largest absolute Gasteiger partial charge is 0.416 e. The maximum Gasteiger partial charge on any atom is 0.416 e. The van der Waals surface area contributed by atoms with E-state index in [1.807, 2.05) is 19.0 Å². The van der Waals surface area contributed by atoms with Crippen LogP contribution in [0.1, 0.15) is 11.1 Å². The Morgan fingerprint density at radius 2 is 1.85 bits per heavy atom. The fraction of sp³-hybridized carbons (Fsp3) is 0.571. The lowest BCUT2D eigenvalue weighted by Gasteiger charge is -2.13. The van der Waals surface area contributed by atoms with Gasteiger partial charge in [0.05, 0.1) is 18.8 Å². The third-order valence-electron chi connectivity index (χ3n) is 2.74.